The van der Waals surface area contributed by atoms with Gasteiger partial charge in [0.25, 0.3) is 0 Å². The van der Waals surface area contributed by atoms with Crippen LogP contribution in [0, 0.1) is 5.92 Å². The van der Waals surface area contributed by atoms with Crippen LogP contribution in [0.5, 0.6) is 0 Å². The lowest BCUT2D eigenvalue weighted by Gasteiger charge is -2.22. The molecule has 0 aliphatic heterocycles. The van der Waals surface area contributed by atoms with Crippen molar-refractivity contribution in [2.45, 2.75) is 71.4 Å². The van der Waals surface area contributed by atoms with Crippen molar-refractivity contribution in [1.82, 2.24) is 10.6 Å². The predicted octanol–water partition coefficient (Wildman–Crippen LogP) is 2.46. The van der Waals surface area contributed by atoms with Gasteiger partial charge in [-0.25, -0.2) is 0 Å². The second-order valence-electron chi connectivity index (χ2n) is 6.33. The number of rotatable bonds is 5. The fourth-order valence-electron chi connectivity index (χ4n) is 2.45. The summed E-state index contributed by atoms with van der Waals surface area (Å²) in [5.41, 5.74) is 0.0946. The lowest BCUT2D eigenvalue weighted by Crippen LogP contribution is -2.41. The van der Waals surface area contributed by atoms with Gasteiger partial charge in [-0.15, -0.1) is 0 Å². The predicted molar refractivity (Wildman–Crippen MR) is 71.9 cm³/mol. The SMILES string of the molecule is C[C@H](NC(=O)CCNC(C)(C)C)C1CCCC1. The van der Waals surface area contributed by atoms with Crippen molar-refractivity contribution in [2.75, 3.05) is 6.54 Å². The van der Waals surface area contributed by atoms with Crippen LogP contribution in [0.1, 0.15) is 59.8 Å². The van der Waals surface area contributed by atoms with Crippen LogP contribution in [0.4, 0.5) is 0 Å². The third-order valence-electron chi connectivity index (χ3n) is 3.50. The number of carbonyl (C=O) groups is 1. The normalized spacial score (nSPS) is 19.3. The molecule has 3 heteroatoms. The monoisotopic (exact) mass is 240 g/mol. The van der Waals surface area contributed by atoms with Crippen LogP contribution in [0.2, 0.25) is 0 Å². The van der Waals surface area contributed by atoms with Gasteiger partial charge in [0, 0.05) is 24.5 Å². The van der Waals surface area contributed by atoms with Crippen LogP contribution in [0.25, 0.3) is 0 Å². The Kier molecular flexibility index (Phi) is 5.44. The summed E-state index contributed by atoms with van der Waals surface area (Å²) in [6, 6.07) is 0.347. The summed E-state index contributed by atoms with van der Waals surface area (Å²) in [7, 11) is 0. The zero-order chi connectivity index (χ0) is 12.9. The summed E-state index contributed by atoms with van der Waals surface area (Å²) >= 11 is 0. The zero-order valence-corrected chi connectivity index (χ0v) is 11.8. The van der Waals surface area contributed by atoms with Crippen molar-refractivity contribution in [2.24, 2.45) is 5.92 Å². The molecule has 100 valence electrons. The summed E-state index contributed by atoms with van der Waals surface area (Å²) in [4.78, 5) is 11.7. The Morgan fingerprint density at radius 3 is 2.41 bits per heavy atom. The summed E-state index contributed by atoms with van der Waals surface area (Å²) in [6.45, 7) is 9.25. The van der Waals surface area contributed by atoms with E-state index >= 15 is 0 Å². The Morgan fingerprint density at radius 1 is 1.29 bits per heavy atom. The van der Waals surface area contributed by atoms with E-state index in [0.717, 1.165) is 6.54 Å². The van der Waals surface area contributed by atoms with Gasteiger partial charge in [0.2, 0.25) is 5.91 Å². The molecule has 0 radical (unpaired) electrons. The van der Waals surface area contributed by atoms with E-state index in [9.17, 15) is 4.79 Å². The zero-order valence-electron chi connectivity index (χ0n) is 11.8. The van der Waals surface area contributed by atoms with E-state index in [-0.39, 0.29) is 11.4 Å². The van der Waals surface area contributed by atoms with E-state index in [0.29, 0.717) is 18.4 Å². The van der Waals surface area contributed by atoms with Gasteiger partial charge in [-0.3, -0.25) is 4.79 Å². The average molecular weight is 240 g/mol. The van der Waals surface area contributed by atoms with Crippen LogP contribution in [-0.4, -0.2) is 24.0 Å². The molecule has 0 aromatic heterocycles. The first-order valence-electron chi connectivity index (χ1n) is 6.93. The third-order valence-corrected chi connectivity index (χ3v) is 3.50. The highest BCUT2D eigenvalue weighted by molar-refractivity contribution is 5.76. The molecule has 17 heavy (non-hydrogen) atoms. The Labute approximate surface area is 106 Å². The summed E-state index contributed by atoms with van der Waals surface area (Å²) in [5, 5.41) is 6.46. The topological polar surface area (TPSA) is 41.1 Å². The molecule has 1 aliphatic rings. The van der Waals surface area contributed by atoms with Crippen molar-refractivity contribution in [3.05, 3.63) is 0 Å². The molecule has 1 rings (SSSR count). The molecule has 1 aliphatic carbocycles. The van der Waals surface area contributed by atoms with Crippen molar-refractivity contribution in [3.63, 3.8) is 0 Å². The second-order valence-corrected chi connectivity index (χ2v) is 6.33. The summed E-state index contributed by atoms with van der Waals surface area (Å²) < 4.78 is 0. The molecule has 1 saturated carbocycles. The molecule has 1 fully saturated rings. The molecule has 0 saturated heterocycles. The maximum absolute atomic E-state index is 11.7. The van der Waals surface area contributed by atoms with E-state index in [1.807, 2.05) is 0 Å². The first-order chi connectivity index (χ1) is 7.88. The highest BCUT2D eigenvalue weighted by Crippen LogP contribution is 2.27. The Morgan fingerprint density at radius 2 is 1.88 bits per heavy atom. The molecule has 0 aromatic rings. The molecule has 3 nitrogen and oxygen atoms in total. The van der Waals surface area contributed by atoms with Gasteiger partial charge in [-0.05, 0) is 46.5 Å². The molecular weight excluding hydrogens is 212 g/mol. The Hall–Kier alpha value is -0.570. The number of hydrogen-bond donors (Lipinski definition) is 2. The third kappa shape index (κ3) is 6.06. The van der Waals surface area contributed by atoms with Crippen LogP contribution in [0.15, 0.2) is 0 Å². The molecule has 1 amide bonds. The minimum absolute atomic E-state index is 0.0946. The second kappa shape index (κ2) is 6.39. The van der Waals surface area contributed by atoms with Crippen molar-refractivity contribution < 1.29 is 4.79 Å². The molecule has 1 atom stereocenters. The number of carbonyl (C=O) groups excluding carboxylic acids is 1. The maximum atomic E-state index is 11.7. The minimum Gasteiger partial charge on any atom is -0.353 e. The van der Waals surface area contributed by atoms with Crippen molar-refractivity contribution in [3.8, 4) is 0 Å². The van der Waals surface area contributed by atoms with Gasteiger partial charge in [0.1, 0.15) is 0 Å². The fourth-order valence-corrected chi connectivity index (χ4v) is 2.45. The fraction of sp³-hybridized carbons (Fsp3) is 0.929. The lowest BCUT2D eigenvalue weighted by atomic mass is 10.00. The minimum atomic E-state index is 0.0946. The van der Waals surface area contributed by atoms with E-state index in [2.05, 4.69) is 38.3 Å². The quantitative estimate of drug-likeness (QED) is 0.775. The van der Waals surface area contributed by atoms with Gasteiger partial charge < -0.3 is 10.6 Å². The van der Waals surface area contributed by atoms with Crippen LogP contribution in [0.3, 0.4) is 0 Å². The van der Waals surface area contributed by atoms with E-state index < -0.39 is 0 Å². The Balaban J connectivity index is 2.15. The number of nitrogens with one attached hydrogen (secondary N) is 2. The van der Waals surface area contributed by atoms with Gasteiger partial charge in [-0.1, -0.05) is 12.8 Å². The molecule has 0 aromatic carbocycles. The van der Waals surface area contributed by atoms with E-state index in [4.69, 9.17) is 0 Å². The average Bonchev–Trinajstić information content (AvgIpc) is 2.67. The number of hydrogen-bond acceptors (Lipinski definition) is 2. The smallest absolute Gasteiger partial charge is 0.221 e. The summed E-state index contributed by atoms with van der Waals surface area (Å²) in [6.07, 6.45) is 5.80. The Bertz CT molecular complexity index is 239. The first-order valence-corrected chi connectivity index (χ1v) is 6.93. The molecule has 0 bridgehead atoms. The van der Waals surface area contributed by atoms with E-state index in [1.165, 1.54) is 25.7 Å². The lowest BCUT2D eigenvalue weighted by molar-refractivity contribution is -0.122. The number of amides is 1. The highest BCUT2D eigenvalue weighted by atomic mass is 16.1. The first kappa shape index (κ1) is 14.5. The van der Waals surface area contributed by atoms with Gasteiger partial charge >= 0.3 is 0 Å². The molecular formula is C14H28N2O. The molecule has 2 N–H and O–H groups in total. The summed E-state index contributed by atoms with van der Waals surface area (Å²) in [5.74, 6) is 0.885. The largest absolute Gasteiger partial charge is 0.353 e. The van der Waals surface area contributed by atoms with Crippen LogP contribution >= 0.6 is 0 Å². The van der Waals surface area contributed by atoms with E-state index in [1.54, 1.807) is 0 Å². The van der Waals surface area contributed by atoms with Crippen LogP contribution in [-0.2, 0) is 4.79 Å². The van der Waals surface area contributed by atoms with Crippen LogP contribution < -0.4 is 10.6 Å². The van der Waals surface area contributed by atoms with Crippen molar-refractivity contribution in [1.29, 1.82) is 0 Å². The molecule has 0 spiro atoms. The van der Waals surface area contributed by atoms with Gasteiger partial charge in [-0.2, -0.15) is 0 Å². The standard InChI is InChI=1S/C14H28N2O/c1-11(12-7-5-6-8-12)16-13(17)9-10-15-14(2,3)4/h11-12,15H,5-10H2,1-4H3,(H,16,17)/t11-/m0/s1. The maximum Gasteiger partial charge on any atom is 0.221 e. The van der Waals surface area contributed by atoms with Gasteiger partial charge in [0.15, 0.2) is 0 Å². The molecule has 0 unspecified atom stereocenters. The molecule has 0 heterocycles. The highest BCUT2D eigenvalue weighted by Gasteiger charge is 2.22. The van der Waals surface area contributed by atoms with Crippen molar-refractivity contribution >= 4 is 5.91 Å². The van der Waals surface area contributed by atoms with Gasteiger partial charge in [0.05, 0.1) is 0 Å².